The number of halogens is 1. The van der Waals surface area contributed by atoms with Crippen molar-refractivity contribution in [1.82, 2.24) is 0 Å². The number of nitrogens with one attached hydrogen (secondary N) is 2. The number of ketones is 1. The van der Waals surface area contributed by atoms with E-state index in [1.165, 1.54) is 0 Å². The number of aromatic hydroxyl groups is 1. The Morgan fingerprint density at radius 2 is 1.60 bits per heavy atom. The van der Waals surface area contributed by atoms with Crippen molar-refractivity contribution >= 4 is 28.8 Å². The van der Waals surface area contributed by atoms with Crippen molar-refractivity contribution in [1.29, 1.82) is 0 Å². The number of hydrogen-bond donors (Lipinski definition) is 3. The highest BCUT2D eigenvalue weighted by atomic mass is 35.5. The summed E-state index contributed by atoms with van der Waals surface area (Å²) in [5.41, 5.74) is 4.67. The zero-order valence-corrected chi connectivity index (χ0v) is 16.9. The van der Waals surface area contributed by atoms with E-state index in [-0.39, 0.29) is 29.4 Å². The van der Waals surface area contributed by atoms with Crippen LogP contribution in [0.15, 0.2) is 84.6 Å². The number of benzene rings is 3. The molecule has 4 nitrogen and oxygen atoms in total. The van der Waals surface area contributed by atoms with Crippen molar-refractivity contribution in [2.24, 2.45) is 5.92 Å². The Kier molecular flexibility index (Phi) is 4.72. The van der Waals surface area contributed by atoms with Crippen LogP contribution in [0.2, 0.25) is 5.02 Å². The lowest BCUT2D eigenvalue weighted by molar-refractivity contribution is -0.122. The normalized spacial score (nSPS) is 22.6. The summed E-state index contributed by atoms with van der Waals surface area (Å²) < 4.78 is 0. The first-order valence-electron chi connectivity index (χ1n) is 10.0. The largest absolute Gasteiger partial charge is 0.508 e. The van der Waals surface area contributed by atoms with Crippen LogP contribution in [-0.2, 0) is 4.79 Å². The fourth-order valence-electron chi connectivity index (χ4n) is 4.44. The maximum Gasteiger partial charge on any atom is 0.145 e. The van der Waals surface area contributed by atoms with Gasteiger partial charge >= 0.3 is 0 Å². The third kappa shape index (κ3) is 3.33. The number of carbonyl (C=O) groups is 1. The zero-order chi connectivity index (χ0) is 20.7. The van der Waals surface area contributed by atoms with Gasteiger partial charge in [0.05, 0.1) is 23.3 Å². The summed E-state index contributed by atoms with van der Waals surface area (Å²) in [4.78, 5) is 13.5. The molecule has 3 N–H and O–H groups in total. The molecule has 5 rings (SSSR count). The maximum absolute atomic E-state index is 13.5. The minimum Gasteiger partial charge on any atom is -0.508 e. The highest BCUT2D eigenvalue weighted by Crippen LogP contribution is 2.45. The van der Waals surface area contributed by atoms with E-state index in [9.17, 15) is 9.90 Å². The molecule has 150 valence electrons. The lowest BCUT2D eigenvalue weighted by Crippen LogP contribution is -2.33. The molecule has 0 aromatic heterocycles. The Morgan fingerprint density at radius 3 is 2.37 bits per heavy atom. The zero-order valence-electron chi connectivity index (χ0n) is 16.2. The van der Waals surface area contributed by atoms with E-state index in [0.29, 0.717) is 11.4 Å². The summed E-state index contributed by atoms with van der Waals surface area (Å²) in [6, 6.07) is 22.5. The van der Waals surface area contributed by atoms with Gasteiger partial charge in [0, 0.05) is 23.1 Å². The van der Waals surface area contributed by atoms with Crippen LogP contribution in [0.1, 0.15) is 29.5 Å². The van der Waals surface area contributed by atoms with E-state index in [2.05, 4.69) is 16.7 Å². The Morgan fingerprint density at radius 1 is 0.900 bits per heavy atom. The molecule has 1 heterocycles. The number of para-hydroxylation sites is 2. The number of anilines is 2. The van der Waals surface area contributed by atoms with E-state index in [1.807, 2.05) is 60.7 Å². The van der Waals surface area contributed by atoms with Crippen molar-refractivity contribution in [2.75, 3.05) is 10.6 Å². The third-order valence-corrected chi connectivity index (χ3v) is 6.24. The summed E-state index contributed by atoms with van der Waals surface area (Å²) >= 11 is 6.44. The van der Waals surface area contributed by atoms with Gasteiger partial charge in [0.15, 0.2) is 0 Å². The average molecular weight is 417 g/mol. The van der Waals surface area contributed by atoms with Crippen LogP contribution >= 0.6 is 11.6 Å². The predicted molar refractivity (Wildman–Crippen MR) is 120 cm³/mol. The quantitative estimate of drug-likeness (QED) is 0.488. The first-order valence-corrected chi connectivity index (χ1v) is 10.4. The van der Waals surface area contributed by atoms with Crippen molar-refractivity contribution in [2.45, 2.75) is 18.4 Å². The fraction of sp³-hybridized carbons (Fsp3) is 0.160. The van der Waals surface area contributed by atoms with Crippen LogP contribution in [0.3, 0.4) is 0 Å². The van der Waals surface area contributed by atoms with Crippen LogP contribution in [0.5, 0.6) is 5.75 Å². The molecule has 0 saturated carbocycles. The van der Waals surface area contributed by atoms with Crippen molar-refractivity contribution in [3.05, 3.63) is 101 Å². The van der Waals surface area contributed by atoms with E-state index in [1.54, 1.807) is 12.1 Å². The van der Waals surface area contributed by atoms with Gasteiger partial charge in [0.1, 0.15) is 11.5 Å². The second kappa shape index (κ2) is 7.54. The molecule has 2 aliphatic rings. The molecule has 1 aliphatic carbocycles. The van der Waals surface area contributed by atoms with E-state index < -0.39 is 0 Å². The number of phenols is 1. The molecule has 0 fully saturated rings. The molecular formula is C25H21ClN2O2. The highest BCUT2D eigenvalue weighted by molar-refractivity contribution is 6.31. The molecule has 0 spiro atoms. The number of Topliss-reactive ketones (excluding diaryl/α,β-unsaturated/α-hetero) is 1. The van der Waals surface area contributed by atoms with Gasteiger partial charge in [-0.1, -0.05) is 60.1 Å². The van der Waals surface area contributed by atoms with Crippen molar-refractivity contribution in [3.63, 3.8) is 0 Å². The molecule has 3 unspecified atom stereocenters. The number of hydrogen-bond acceptors (Lipinski definition) is 4. The molecule has 1 aliphatic heterocycles. The van der Waals surface area contributed by atoms with Crippen LogP contribution in [0.4, 0.5) is 11.4 Å². The lowest BCUT2D eigenvalue weighted by Gasteiger charge is -2.32. The summed E-state index contributed by atoms with van der Waals surface area (Å²) in [6.07, 6.45) is 2.54. The first kappa shape index (κ1) is 18.8. The van der Waals surface area contributed by atoms with Gasteiger partial charge in [-0.25, -0.2) is 0 Å². The number of rotatable bonds is 2. The summed E-state index contributed by atoms with van der Waals surface area (Å²) in [6.45, 7) is 0. The van der Waals surface area contributed by atoms with Gasteiger partial charge in [0.25, 0.3) is 0 Å². The maximum atomic E-state index is 13.5. The van der Waals surface area contributed by atoms with Gasteiger partial charge in [-0.05, 0) is 41.5 Å². The summed E-state index contributed by atoms with van der Waals surface area (Å²) in [5.74, 6) is -0.0740. The molecule has 0 radical (unpaired) electrons. The second-order valence-electron chi connectivity index (χ2n) is 7.78. The predicted octanol–water partition coefficient (Wildman–Crippen LogP) is 5.88. The first-order chi connectivity index (χ1) is 14.6. The Labute approximate surface area is 180 Å². The van der Waals surface area contributed by atoms with Crippen LogP contribution in [-0.4, -0.2) is 10.9 Å². The molecule has 0 saturated heterocycles. The lowest BCUT2D eigenvalue weighted by atomic mass is 9.76. The molecular weight excluding hydrogens is 396 g/mol. The van der Waals surface area contributed by atoms with Gasteiger partial charge in [-0.15, -0.1) is 0 Å². The molecule has 3 aromatic rings. The average Bonchev–Trinajstić information content (AvgIpc) is 2.91. The number of phenolic OH excluding ortho intramolecular Hbond substituents is 1. The Balaban J connectivity index is 1.63. The summed E-state index contributed by atoms with van der Waals surface area (Å²) in [7, 11) is 0. The highest BCUT2D eigenvalue weighted by Gasteiger charge is 2.40. The van der Waals surface area contributed by atoms with Crippen LogP contribution < -0.4 is 10.6 Å². The summed E-state index contributed by atoms with van der Waals surface area (Å²) in [5, 5.41) is 17.5. The molecule has 0 bridgehead atoms. The van der Waals surface area contributed by atoms with E-state index in [4.69, 9.17) is 11.6 Å². The molecule has 3 atom stereocenters. The van der Waals surface area contributed by atoms with Crippen molar-refractivity contribution in [3.8, 4) is 5.75 Å². The minimum absolute atomic E-state index is 0.0734. The van der Waals surface area contributed by atoms with Gasteiger partial charge < -0.3 is 15.7 Å². The van der Waals surface area contributed by atoms with E-state index in [0.717, 1.165) is 28.2 Å². The number of allylic oxidation sites excluding steroid dienone is 1. The van der Waals surface area contributed by atoms with Crippen molar-refractivity contribution < 1.29 is 9.90 Å². The fourth-order valence-corrected chi connectivity index (χ4v) is 4.71. The number of fused-ring (bicyclic) bond motifs is 2. The van der Waals surface area contributed by atoms with Gasteiger partial charge in [-0.3, -0.25) is 4.79 Å². The second-order valence-corrected chi connectivity index (χ2v) is 8.19. The Hall–Kier alpha value is -3.24. The van der Waals surface area contributed by atoms with Gasteiger partial charge in [0.2, 0.25) is 0 Å². The molecule has 5 heteroatoms. The molecule has 3 aromatic carbocycles. The minimum atomic E-state index is -0.360. The standard InChI is InChI=1S/C25H21ClN2O2/c26-19-6-2-1-5-18(19)16-13-22-24(23(30)14-16)25(15-9-11-17(29)12-10-15)28-21-8-4-3-7-20(21)27-22/h1-13,16,24-25,27-29H,14H2. The molecule has 0 amide bonds. The monoisotopic (exact) mass is 416 g/mol. The van der Waals surface area contributed by atoms with Crippen LogP contribution in [0, 0.1) is 5.92 Å². The molecule has 30 heavy (non-hydrogen) atoms. The van der Waals surface area contributed by atoms with E-state index >= 15 is 0 Å². The number of carbonyl (C=O) groups excluding carboxylic acids is 1. The topological polar surface area (TPSA) is 61.4 Å². The smallest absolute Gasteiger partial charge is 0.145 e. The third-order valence-electron chi connectivity index (χ3n) is 5.89. The van der Waals surface area contributed by atoms with Gasteiger partial charge in [-0.2, -0.15) is 0 Å². The van der Waals surface area contributed by atoms with Crippen LogP contribution in [0.25, 0.3) is 0 Å². The Bertz CT molecular complexity index is 1140. The SMILES string of the molecule is O=C1CC(c2ccccc2Cl)C=C2Nc3ccccc3NC(c3ccc(O)cc3)C12.